The van der Waals surface area contributed by atoms with Crippen LogP contribution < -0.4 is 5.32 Å². The molecule has 0 aliphatic heterocycles. The second-order valence-electron chi connectivity index (χ2n) is 2.27. The van der Waals surface area contributed by atoms with Gasteiger partial charge in [0.2, 0.25) is 0 Å². The minimum atomic E-state index is 0.490. The van der Waals surface area contributed by atoms with Crippen molar-refractivity contribution >= 4 is 11.6 Å². The van der Waals surface area contributed by atoms with E-state index in [1.54, 1.807) is 0 Å². The topological polar surface area (TPSA) is 29.9 Å². The minimum Gasteiger partial charge on any atom is -0.302 e. The first kappa shape index (κ1) is 8.56. The Balaban J connectivity index is 2.32. The molecule has 61 valence electrons. The van der Waals surface area contributed by atoms with Crippen LogP contribution in [0, 0.1) is 13.1 Å². The van der Waals surface area contributed by atoms with E-state index in [-0.39, 0.29) is 0 Å². The Morgan fingerprint density at radius 2 is 2.64 bits per heavy atom. The lowest BCUT2D eigenvalue weighted by Crippen LogP contribution is -2.19. The van der Waals surface area contributed by atoms with Gasteiger partial charge in [-0.15, -0.1) is 11.6 Å². The van der Waals surface area contributed by atoms with Gasteiger partial charge in [0.15, 0.2) is 0 Å². The standard InChI is InChI=1S/C7H11ClN3/c1-7-2-3-10-11(7)5-4-9-6-8/h2,9H,4-6H2,1H3. The molecule has 0 unspecified atom stereocenters. The molecule has 0 spiro atoms. The van der Waals surface area contributed by atoms with Gasteiger partial charge < -0.3 is 5.32 Å². The van der Waals surface area contributed by atoms with Crippen LogP contribution in [-0.4, -0.2) is 22.3 Å². The number of halogens is 1. The molecule has 3 nitrogen and oxygen atoms in total. The highest BCUT2D eigenvalue weighted by Gasteiger charge is 1.94. The molecule has 0 amide bonds. The highest BCUT2D eigenvalue weighted by molar-refractivity contribution is 6.17. The first-order valence-corrected chi connectivity index (χ1v) is 4.05. The van der Waals surface area contributed by atoms with Crippen LogP contribution in [0.25, 0.3) is 0 Å². The maximum absolute atomic E-state index is 5.43. The first-order chi connectivity index (χ1) is 5.34. The van der Waals surface area contributed by atoms with Gasteiger partial charge in [-0.25, -0.2) is 0 Å². The molecule has 0 bridgehead atoms. The predicted octanol–water partition coefficient (Wildman–Crippen LogP) is 0.778. The van der Waals surface area contributed by atoms with Gasteiger partial charge in [-0.1, -0.05) is 0 Å². The molecule has 1 heterocycles. The summed E-state index contributed by atoms with van der Waals surface area (Å²) < 4.78 is 1.89. The Hall–Kier alpha value is -0.540. The smallest absolute Gasteiger partial charge is 0.113 e. The molecule has 0 aliphatic rings. The van der Waals surface area contributed by atoms with Crippen LogP contribution in [0.2, 0.25) is 0 Å². The Labute approximate surface area is 71.4 Å². The predicted molar refractivity (Wildman–Crippen MR) is 44.5 cm³/mol. The Kier molecular flexibility index (Phi) is 3.39. The molecular formula is C7H11ClN3. The van der Waals surface area contributed by atoms with E-state index in [1.807, 2.05) is 17.7 Å². The molecule has 0 aromatic carbocycles. The first-order valence-electron chi connectivity index (χ1n) is 3.52. The number of hydrogen-bond acceptors (Lipinski definition) is 2. The summed E-state index contributed by atoms with van der Waals surface area (Å²) in [5, 5.41) is 7.00. The quantitative estimate of drug-likeness (QED) is 0.413. The molecule has 0 fully saturated rings. The van der Waals surface area contributed by atoms with Crippen molar-refractivity contribution in [1.82, 2.24) is 15.1 Å². The van der Waals surface area contributed by atoms with Gasteiger partial charge in [0.1, 0.15) is 6.20 Å². The zero-order valence-corrected chi connectivity index (χ0v) is 7.23. The number of aromatic nitrogens is 2. The maximum atomic E-state index is 5.43. The lowest BCUT2D eigenvalue weighted by molar-refractivity contribution is 0.566. The van der Waals surface area contributed by atoms with Gasteiger partial charge in [-0.05, 0) is 13.0 Å². The van der Waals surface area contributed by atoms with Crippen LogP contribution in [0.1, 0.15) is 5.69 Å². The van der Waals surface area contributed by atoms with Crippen molar-refractivity contribution in [2.45, 2.75) is 13.5 Å². The molecule has 1 radical (unpaired) electrons. The van der Waals surface area contributed by atoms with Crippen molar-refractivity contribution in [3.05, 3.63) is 18.0 Å². The van der Waals surface area contributed by atoms with Crippen molar-refractivity contribution in [1.29, 1.82) is 0 Å². The third-order valence-electron chi connectivity index (χ3n) is 1.45. The van der Waals surface area contributed by atoms with E-state index in [4.69, 9.17) is 11.6 Å². The molecule has 0 saturated heterocycles. The normalized spacial score (nSPS) is 10.4. The Bertz CT molecular complexity index is 209. The number of alkyl halides is 1. The molecule has 0 aliphatic carbocycles. The van der Waals surface area contributed by atoms with Crippen molar-refractivity contribution in [2.75, 3.05) is 12.5 Å². The van der Waals surface area contributed by atoms with Crippen LogP contribution in [0.3, 0.4) is 0 Å². The van der Waals surface area contributed by atoms with E-state index in [0.29, 0.717) is 6.00 Å². The number of nitrogens with zero attached hydrogens (tertiary/aromatic N) is 2. The van der Waals surface area contributed by atoms with Gasteiger partial charge >= 0.3 is 0 Å². The van der Waals surface area contributed by atoms with Gasteiger partial charge in [0, 0.05) is 12.2 Å². The third kappa shape index (κ3) is 2.52. The van der Waals surface area contributed by atoms with Gasteiger partial charge in [-0.3, -0.25) is 4.68 Å². The summed E-state index contributed by atoms with van der Waals surface area (Å²) in [6.45, 7) is 3.70. The van der Waals surface area contributed by atoms with E-state index < -0.39 is 0 Å². The average molecular weight is 173 g/mol. The fourth-order valence-electron chi connectivity index (χ4n) is 0.823. The number of nitrogens with one attached hydrogen (secondary N) is 1. The van der Waals surface area contributed by atoms with Crippen LogP contribution in [0.5, 0.6) is 0 Å². The lowest BCUT2D eigenvalue weighted by Gasteiger charge is -2.02. The third-order valence-corrected chi connectivity index (χ3v) is 1.64. The molecule has 1 N–H and O–H groups in total. The number of rotatable bonds is 4. The monoisotopic (exact) mass is 172 g/mol. The largest absolute Gasteiger partial charge is 0.302 e. The molecule has 11 heavy (non-hydrogen) atoms. The highest BCUT2D eigenvalue weighted by atomic mass is 35.5. The SMILES string of the molecule is Cc1c[c]nn1CCNCCl. The van der Waals surface area contributed by atoms with Crippen molar-refractivity contribution in [3.8, 4) is 0 Å². The van der Waals surface area contributed by atoms with E-state index >= 15 is 0 Å². The van der Waals surface area contributed by atoms with Crippen LogP contribution >= 0.6 is 11.6 Å². The van der Waals surface area contributed by atoms with Crippen molar-refractivity contribution in [2.24, 2.45) is 0 Å². The molecule has 4 heteroatoms. The fraction of sp³-hybridized carbons (Fsp3) is 0.571. The van der Waals surface area contributed by atoms with Crippen molar-refractivity contribution in [3.63, 3.8) is 0 Å². The molecule has 1 aromatic heterocycles. The second kappa shape index (κ2) is 4.36. The maximum Gasteiger partial charge on any atom is 0.113 e. The number of aryl methyl sites for hydroxylation is 1. The van der Waals surface area contributed by atoms with Crippen molar-refractivity contribution < 1.29 is 0 Å². The second-order valence-corrected chi connectivity index (χ2v) is 2.54. The van der Waals surface area contributed by atoms with Gasteiger partial charge in [0.25, 0.3) is 0 Å². The summed E-state index contributed by atoms with van der Waals surface area (Å²) in [7, 11) is 0. The molecule has 1 aromatic rings. The Morgan fingerprint density at radius 1 is 1.82 bits per heavy atom. The molecule has 0 saturated carbocycles. The molecular weight excluding hydrogens is 162 g/mol. The van der Waals surface area contributed by atoms with E-state index in [2.05, 4.69) is 16.6 Å². The summed E-state index contributed by atoms with van der Waals surface area (Å²) in [5.41, 5.74) is 1.13. The lowest BCUT2D eigenvalue weighted by atomic mass is 10.5. The summed E-state index contributed by atoms with van der Waals surface area (Å²) in [5.74, 6) is 0. The zero-order valence-electron chi connectivity index (χ0n) is 6.47. The number of hydrogen-bond donors (Lipinski definition) is 1. The van der Waals surface area contributed by atoms with Crippen LogP contribution in [0.15, 0.2) is 6.07 Å². The fourth-order valence-corrected chi connectivity index (χ4v) is 0.957. The van der Waals surface area contributed by atoms with E-state index in [0.717, 1.165) is 18.8 Å². The van der Waals surface area contributed by atoms with E-state index in [9.17, 15) is 0 Å². The van der Waals surface area contributed by atoms with E-state index in [1.165, 1.54) is 0 Å². The van der Waals surface area contributed by atoms with Crippen LogP contribution in [-0.2, 0) is 6.54 Å². The zero-order chi connectivity index (χ0) is 8.10. The summed E-state index contributed by atoms with van der Waals surface area (Å²) in [6.07, 6.45) is 2.78. The summed E-state index contributed by atoms with van der Waals surface area (Å²) >= 11 is 5.43. The molecule has 0 atom stereocenters. The summed E-state index contributed by atoms with van der Waals surface area (Å²) in [4.78, 5) is 0. The molecule has 1 rings (SSSR count). The Morgan fingerprint density at radius 3 is 3.18 bits per heavy atom. The van der Waals surface area contributed by atoms with Crippen LogP contribution in [0.4, 0.5) is 0 Å². The van der Waals surface area contributed by atoms with Gasteiger partial charge in [0.05, 0.1) is 12.5 Å². The van der Waals surface area contributed by atoms with Gasteiger partial charge in [-0.2, -0.15) is 5.10 Å². The minimum absolute atomic E-state index is 0.490. The average Bonchev–Trinajstić information content (AvgIpc) is 2.37. The summed E-state index contributed by atoms with van der Waals surface area (Å²) in [6, 6.07) is 2.35. The highest BCUT2D eigenvalue weighted by Crippen LogP contribution is 1.93.